The molecule has 2 aliphatic rings. The number of ether oxygens (including phenoxy) is 2. The van der Waals surface area contributed by atoms with Crippen LogP contribution in [0.4, 0.5) is 16.2 Å². The topological polar surface area (TPSA) is 38.8 Å². The van der Waals surface area contributed by atoms with E-state index in [0.29, 0.717) is 0 Å². The number of para-hydroxylation sites is 2. The molecule has 0 saturated carbocycles. The van der Waals surface area contributed by atoms with E-state index in [-0.39, 0.29) is 6.61 Å². The Labute approximate surface area is 221 Å². The zero-order valence-corrected chi connectivity index (χ0v) is 20.9. The quantitative estimate of drug-likeness (QED) is 0.251. The maximum Gasteiger partial charge on any atom is 0.419 e. The highest BCUT2D eigenvalue weighted by Gasteiger charge is 2.52. The Kier molecular flexibility index (Phi) is 5.08. The Balaban J connectivity index is 1.46. The molecular weight excluding hydrogens is 470 g/mol. The average Bonchev–Trinajstić information content (AvgIpc) is 3.27. The van der Waals surface area contributed by atoms with Crippen molar-refractivity contribution in [2.24, 2.45) is 0 Å². The van der Waals surface area contributed by atoms with Crippen molar-refractivity contribution in [3.05, 3.63) is 149 Å². The van der Waals surface area contributed by atoms with Crippen LogP contribution in [0.2, 0.25) is 0 Å². The first-order valence-electron chi connectivity index (χ1n) is 12.7. The van der Waals surface area contributed by atoms with Crippen LogP contribution < -0.4 is 9.64 Å². The van der Waals surface area contributed by atoms with E-state index in [0.717, 1.165) is 39.4 Å². The van der Waals surface area contributed by atoms with Crippen LogP contribution in [0.25, 0.3) is 11.1 Å². The molecule has 0 bridgehead atoms. The molecule has 0 atom stereocenters. The number of hydrogen-bond acceptors (Lipinski definition) is 3. The van der Waals surface area contributed by atoms with Crippen LogP contribution in [0.5, 0.6) is 5.75 Å². The number of methoxy groups -OCH3 is 1. The Morgan fingerprint density at radius 1 is 0.658 bits per heavy atom. The van der Waals surface area contributed by atoms with E-state index in [1.54, 1.807) is 12.0 Å². The highest BCUT2D eigenvalue weighted by molar-refractivity contribution is 6.03. The van der Waals surface area contributed by atoms with Crippen molar-refractivity contribution in [1.82, 2.24) is 0 Å². The molecular formula is C34H25NO3. The normalized spacial score (nSPS) is 13.8. The Bertz CT molecular complexity index is 1640. The SMILES string of the molecule is COc1ccc2c(c1)-c1ccccc1C21c2ccccc2N(C(=O)OCc2ccccc2)c2ccccc21. The van der Waals surface area contributed by atoms with E-state index in [4.69, 9.17) is 9.47 Å². The minimum Gasteiger partial charge on any atom is -0.497 e. The summed E-state index contributed by atoms with van der Waals surface area (Å²) in [6, 6.07) is 41.0. The second-order valence-corrected chi connectivity index (χ2v) is 9.62. The highest BCUT2D eigenvalue weighted by Crippen LogP contribution is 2.62. The lowest BCUT2D eigenvalue weighted by Gasteiger charge is -2.43. The smallest absolute Gasteiger partial charge is 0.419 e. The van der Waals surface area contributed by atoms with Crippen LogP contribution >= 0.6 is 0 Å². The van der Waals surface area contributed by atoms with Crippen molar-refractivity contribution in [2.75, 3.05) is 12.0 Å². The first-order chi connectivity index (χ1) is 18.7. The van der Waals surface area contributed by atoms with Crippen molar-refractivity contribution in [3.63, 3.8) is 0 Å². The van der Waals surface area contributed by atoms with Gasteiger partial charge in [-0.05, 0) is 63.2 Å². The minimum absolute atomic E-state index is 0.205. The highest BCUT2D eigenvalue weighted by atomic mass is 16.6. The fraction of sp³-hybridized carbons (Fsp3) is 0.0882. The van der Waals surface area contributed by atoms with Crippen molar-refractivity contribution in [2.45, 2.75) is 12.0 Å². The van der Waals surface area contributed by atoms with Crippen LogP contribution in [-0.2, 0) is 16.8 Å². The zero-order valence-electron chi connectivity index (χ0n) is 20.9. The number of carbonyl (C=O) groups excluding carboxylic acids is 1. The summed E-state index contributed by atoms with van der Waals surface area (Å²) in [4.78, 5) is 15.5. The molecule has 0 fully saturated rings. The molecule has 0 N–H and O–H groups in total. The Morgan fingerprint density at radius 3 is 1.92 bits per heavy atom. The molecule has 5 aromatic rings. The summed E-state index contributed by atoms with van der Waals surface area (Å²) >= 11 is 0. The second-order valence-electron chi connectivity index (χ2n) is 9.62. The van der Waals surface area contributed by atoms with Gasteiger partial charge in [0.25, 0.3) is 0 Å². The number of hydrogen-bond donors (Lipinski definition) is 0. The summed E-state index contributed by atoms with van der Waals surface area (Å²) in [6.45, 7) is 0.205. The monoisotopic (exact) mass is 495 g/mol. The number of rotatable bonds is 3. The standard InChI is InChI=1S/C34H25NO3/c1-37-24-19-20-28-26(21-24)25-13-5-6-14-27(25)34(28)29-15-7-9-17-31(29)35(32-18-10-8-16-30(32)34)33(36)38-22-23-11-3-2-4-12-23/h2-21H,22H2,1H3. The maximum atomic E-state index is 13.8. The van der Waals surface area contributed by atoms with Crippen molar-refractivity contribution in [3.8, 4) is 16.9 Å². The van der Waals surface area contributed by atoms with Gasteiger partial charge in [-0.1, -0.05) is 97.1 Å². The number of nitrogens with zero attached hydrogens (tertiary/aromatic N) is 1. The first kappa shape index (κ1) is 22.4. The van der Waals surface area contributed by atoms with E-state index in [9.17, 15) is 4.79 Å². The molecule has 4 heteroatoms. The van der Waals surface area contributed by atoms with Gasteiger partial charge >= 0.3 is 6.09 Å². The van der Waals surface area contributed by atoms with Gasteiger partial charge in [-0.3, -0.25) is 0 Å². The van der Waals surface area contributed by atoms with Crippen molar-refractivity contribution in [1.29, 1.82) is 0 Å². The summed E-state index contributed by atoms with van der Waals surface area (Å²) in [5.41, 5.74) is 8.79. The third-order valence-corrected chi connectivity index (χ3v) is 7.74. The third kappa shape index (κ3) is 3.07. The summed E-state index contributed by atoms with van der Waals surface area (Å²) in [5, 5.41) is 0. The largest absolute Gasteiger partial charge is 0.497 e. The van der Waals surface area contributed by atoms with E-state index in [1.807, 2.05) is 72.8 Å². The van der Waals surface area contributed by atoms with Crippen LogP contribution in [0.3, 0.4) is 0 Å². The number of amides is 1. The van der Waals surface area contributed by atoms with Gasteiger partial charge in [0, 0.05) is 0 Å². The minimum atomic E-state index is -0.582. The number of benzene rings is 5. The lowest BCUT2D eigenvalue weighted by Crippen LogP contribution is -2.40. The third-order valence-electron chi connectivity index (χ3n) is 7.74. The lowest BCUT2D eigenvalue weighted by atomic mass is 9.65. The van der Waals surface area contributed by atoms with E-state index in [2.05, 4.69) is 48.5 Å². The molecule has 7 rings (SSSR count). The van der Waals surface area contributed by atoms with Crippen LogP contribution in [0.15, 0.2) is 121 Å². The molecule has 184 valence electrons. The molecule has 1 aliphatic carbocycles. The molecule has 1 aliphatic heterocycles. The molecule has 0 unspecified atom stereocenters. The van der Waals surface area contributed by atoms with Gasteiger partial charge in [-0.25, -0.2) is 9.69 Å². The molecule has 38 heavy (non-hydrogen) atoms. The Morgan fingerprint density at radius 2 is 1.24 bits per heavy atom. The zero-order chi connectivity index (χ0) is 25.7. The summed E-state index contributed by atoms with van der Waals surface area (Å²) in [7, 11) is 1.70. The fourth-order valence-electron chi connectivity index (χ4n) is 6.20. The predicted molar refractivity (Wildman–Crippen MR) is 149 cm³/mol. The molecule has 0 radical (unpaired) electrons. The molecule has 0 aromatic heterocycles. The molecule has 4 nitrogen and oxygen atoms in total. The van der Waals surface area contributed by atoms with Gasteiger partial charge < -0.3 is 9.47 Å². The summed E-state index contributed by atoms with van der Waals surface area (Å²) in [6.07, 6.45) is -0.398. The second kappa shape index (κ2) is 8.63. The van der Waals surface area contributed by atoms with E-state index < -0.39 is 11.5 Å². The van der Waals surface area contributed by atoms with Crippen LogP contribution in [0.1, 0.15) is 27.8 Å². The van der Waals surface area contributed by atoms with Gasteiger partial charge in [-0.15, -0.1) is 0 Å². The summed E-state index contributed by atoms with van der Waals surface area (Å²) in [5.74, 6) is 0.819. The summed E-state index contributed by atoms with van der Waals surface area (Å²) < 4.78 is 11.5. The van der Waals surface area contributed by atoms with Gasteiger partial charge in [0.2, 0.25) is 0 Å². The van der Waals surface area contributed by atoms with Gasteiger partial charge in [0.15, 0.2) is 0 Å². The lowest BCUT2D eigenvalue weighted by molar-refractivity contribution is 0.149. The molecule has 1 amide bonds. The van der Waals surface area contributed by atoms with E-state index >= 15 is 0 Å². The number of carbonyl (C=O) groups is 1. The molecule has 1 spiro atoms. The molecule has 1 heterocycles. The van der Waals surface area contributed by atoms with Gasteiger partial charge in [0.05, 0.1) is 23.9 Å². The van der Waals surface area contributed by atoms with Gasteiger partial charge in [0.1, 0.15) is 12.4 Å². The number of fused-ring (bicyclic) bond motifs is 9. The van der Waals surface area contributed by atoms with Crippen LogP contribution in [-0.4, -0.2) is 13.2 Å². The van der Waals surface area contributed by atoms with Gasteiger partial charge in [-0.2, -0.15) is 0 Å². The fourth-order valence-corrected chi connectivity index (χ4v) is 6.20. The first-order valence-corrected chi connectivity index (χ1v) is 12.7. The van der Waals surface area contributed by atoms with Crippen molar-refractivity contribution >= 4 is 17.5 Å². The number of anilines is 2. The predicted octanol–water partition coefficient (Wildman–Crippen LogP) is 7.85. The van der Waals surface area contributed by atoms with Crippen LogP contribution in [0, 0.1) is 0 Å². The maximum absolute atomic E-state index is 13.8. The van der Waals surface area contributed by atoms with E-state index in [1.165, 1.54) is 16.7 Å². The average molecular weight is 496 g/mol. The molecule has 0 saturated heterocycles. The Hall–Kier alpha value is -4.83. The van der Waals surface area contributed by atoms with Crippen molar-refractivity contribution < 1.29 is 14.3 Å². The molecule has 5 aromatic carbocycles.